The molecule has 4 nitrogen and oxygen atoms in total. The minimum atomic E-state index is -4.50. The molecule has 4 rings (SSSR count). The molecule has 1 fully saturated rings. The second-order valence-electron chi connectivity index (χ2n) is 9.35. The molecule has 2 aliphatic rings. The zero-order chi connectivity index (χ0) is 22.6. The summed E-state index contributed by atoms with van der Waals surface area (Å²) in [5.41, 5.74) is 0.647. The highest BCUT2D eigenvalue weighted by Crippen LogP contribution is 2.48. The maximum Gasteiger partial charge on any atom is 0.416 e. The van der Waals surface area contributed by atoms with Gasteiger partial charge in [0, 0.05) is 23.5 Å². The van der Waals surface area contributed by atoms with Gasteiger partial charge >= 0.3 is 12.1 Å². The Kier molecular flexibility index (Phi) is 5.58. The molecule has 0 bridgehead atoms. The van der Waals surface area contributed by atoms with E-state index in [1.807, 2.05) is 7.05 Å². The van der Waals surface area contributed by atoms with Crippen molar-refractivity contribution in [3.05, 3.63) is 39.8 Å². The molecule has 1 aliphatic heterocycles. The predicted octanol–water partition coefficient (Wildman–Crippen LogP) is 5.73. The van der Waals surface area contributed by atoms with Crippen LogP contribution in [0.3, 0.4) is 0 Å². The molecular weight excluding hydrogens is 427 g/mol. The lowest BCUT2D eigenvalue weighted by molar-refractivity contribution is -0.137. The molecule has 0 spiro atoms. The Bertz CT molecular complexity index is 1010. The van der Waals surface area contributed by atoms with E-state index in [-0.39, 0.29) is 22.8 Å². The molecule has 8 heteroatoms. The van der Waals surface area contributed by atoms with Crippen molar-refractivity contribution in [1.29, 1.82) is 0 Å². The normalized spacial score (nSPS) is 21.2. The number of halogens is 3. The number of carboxylic acids is 1. The van der Waals surface area contributed by atoms with Crippen molar-refractivity contribution in [3.63, 3.8) is 0 Å². The third kappa shape index (κ3) is 4.46. The van der Waals surface area contributed by atoms with Crippen LogP contribution in [0.1, 0.15) is 53.1 Å². The monoisotopic (exact) mass is 453 g/mol. The van der Waals surface area contributed by atoms with Gasteiger partial charge in [0.05, 0.1) is 16.0 Å². The minimum Gasteiger partial charge on any atom is -0.488 e. The van der Waals surface area contributed by atoms with Gasteiger partial charge in [-0.05, 0) is 61.9 Å². The fraction of sp³-hybridized carbons (Fsp3) is 0.522. The predicted molar refractivity (Wildman–Crippen MR) is 114 cm³/mol. The number of nitrogens with zero attached hydrogens (tertiary/aromatic N) is 1. The molecule has 1 aliphatic carbocycles. The number of hydrogen-bond donors (Lipinski definition) is 1. The van der Waals surface area contributed by atoms with Gasteiger partial charge in [-0.25, -0.2) is 4.79 Å². The van der Waals surface area contributed by atoms with Gasteiger partial charge in [0.1, 0.15) is 11.9 Å². The number of fused-ring (bicyclic) bond motifs is 1. The zero-order valence-corrected chi connectivity index (χ0v) is 18.6. The van der Waals surface area contributed by atoms with E-state index >= 15 is 0 Å². The number of likely N-dealkylation sites (N-methyl/N-ethyl adjacent to an activating group) is 1. The van der Waals surface area contributed by atoms with E-state index in [9.17, 15) is 23.1 Å². The highest BCUT2D eigenvalue weighted by atomic mass is 32.1. The maximum absolute atomic E-state index is 13.4. The molecule has 2 heterocycles. The smallest absolute Gasteiger partial charge is 0.416 e. The van der Waals surface area contributed by atoms with Crippen LogP contribution in [0, 0.1) is 5.41 Å². The summed E-state index contributed by atoms with van der Waals surface area (Å²) in [5.74, 6) is -0.938. The molecule has 168 valence electrons. The van der Waals surface area contributed by atoms with Crippen LogP contribution >= 0.6 is 11.3 Å². The van der Waals surface area contributed by atoms with Gasteiger partial charge in [-0.1, -0.05) is 13.8 Å². The Morgan fingerprint density at radius 2 is 2.06 bits per heavy atom. The third-order valence-electron chi connectivity index (χ3n) is 6.18. The number of hydrogen-bond acceptors (Lipinski definition) is 4. The van der Waals surface area contributed by atoms with Crippen molar-refractivity contribution in [2.75, 3.05) is 20.1 Å². The van der Waals surface area contributed by atoms with Crippen molar-refractivity contribution in [2.45, 2.75) is 51.8 Å². The van der Waals surface area contributed by atoms with Gasteiger partial charge in [-0.3, -0.25) is 0 Å². The van der Waals surface area contributed by atoms with Crippen molar-refractivity contribution in [2.24, 2.45) is 5.41 Å². The Balaban J connectivity index is 1.84. The summed E-state index contributed by atoms with van der Waals surface area (Å²) >= 11 is 1.38. The van der Waals surface area contributed by atoms with Crippen LogP contribution in [0.15, 0.2) is 18.2 Å². The first kappa shape index (κ1) is 22.1. The molecule has 1 atom stereocenters. The van der Waals surface area contributed by atoms with E-state index in [4.69, 9.17) is 4.74 Å². The van der Waals surface area contributed by atoms with Crippen LogP contribution in [-0.4, -0.2) is 42.2 Å². The lowest BCUT2D eigenvalue weighted by Crippen LogP contribution is -2.22. The number of aromatic carboxylic acids is 1. The highest BCUT2D eigenvalue weighted by Gasteiger charge is 2.36. The highest BCUT2D eigenvalue weighted by molar-refractivity contribution is 7.16. The molecule has 0 unspecified atom stereocenters. The van der Waals surface area contributed by atoms with Crippen molar-refractivity contribution in [1.82, 2.24) is 4.90 Å². The largest absolute Gasteiger partial charge is 0.488 e. The van der Waals surface area contributed by atoms with E-state index in [0.29, 0.717) is 29.8 Å². The summed E-state index contributed by atoms with van der Waals surface area (Å²) < 4.78 is 46.2. The zero-order valence-electron chi connectivity index (χ0n) is 17.8. The Labute approximate surface area is 183 Å². The molecule has 0 radical (unpaired) electrons. The number of thiophene rings is 1. The average molecular weight is 454 g/mol. The van der Waals surface area contributed by atoms with Gasteiger partial charge in [-0.2, -0.15) is 13.2 Å². The van der Waals surface area contributed by atoms with Gasteiger partial charge in [-0.15, -0.1) is 11.3 Å². The average Bonchev–Trinajstić information content (AvgIpc) is 3.23. The van der Waals surface area contributed by atoms with E-state index in [0.717, 1.165) is 42.0 Å². The standard InChI is InChI=1S/C23H26F3NO3S/c1-22(2)8-6-18-16(11-22)19(21(28)29)20(31-18)15-5-4-13(23(24,25)26)10-17(15)30-14-7-9-27(3)12-14/h4-5,10,14H,6-9,11-12H2,1-3H3,(H,28,29)/t14-/m0/s1. The number of carbonyl (C=O) groups is 1. The third-order valence-corrected chi connectivity index (χ3v) is 7.51. The summed E-state index contributed by atoms with van der Waals surface area (Å²) in [6, 6.07) is 3.39. The molecule has 31 heavy (non-hydrogen) atoms. The fourth-order valence-electron chi connectivity index (χ4n) is 4.49. The number of rotatable bonds is 4. The number of alkyl halides is 3. The van der Waals surface area contributed by atoms with E-state index in [1.54, 1.807) is 0 Å². The second-order valence-corrected chi connectivity index (χ2v) is 10.5. The first-order valence-corrected chi connectivity index (χ1v) is 11.2. The summed E-state index contributed by atoms with van der Waals surface area (Å²) in [5, 5.41) is 10.0. The summed E-state index contributed by atoms with van der Waals surface area (Å²) in [6.45, 7) is 5.66. The van der Waals surface area contributed by atoms with Gasteiger partial charge < -0.3 is 14.7 Å². The van der Waals surface area contributed by atoms with E-state index in [1.165, 1.54) is 17.4 Å². The Morgan fingerprint density at radius 3 is 2.68 bits per heavy atom. The summed E-state index contributed by atoms with van der Waals surface area (Å²) in [4.78, 5) is 15.8. The number of likely N-dealkylation sites (tertiary alicyclic amines) is 1. The molecule has 1 aromatic heterocycles. The quantitative estimate of drug-likeness (QED) is 0.642. The molecule has 0 saturated carbocycles. The first-order valence-electron chi connectivity index (χ1n) is 10.4. The molecular formula is C23H26F3NO3S. The van der Waals surface area contributed by atoms with Crippen LogP contribution in [-0.2, 0) is 19.0 Å². The van der Waals surface area contributed by atoms with Crippen LogP contribution in [0.25, 0.3) is 10.4 Å². The van der Waals surface area contributed by atoms with Crippen molar-refractivity contribution in [3.8, 4) is 16.2 Å². The minimum absolute atomic E-state index is 0.0105. The molecule has 1 N–H and O–H groups in total. The first-order chi connectivity index (χ1) is 14.4. The molecule has 1 saturated heterocycles. The topological polar surface area (TPSA) is 49.8 Å². The van der Waals surface area contributed by atoms with Gasteiger partial charge in [0.25, 0.3) is 0 Å². The van der Waals surface area contributed by atoms with Crippen LogP contribution < -0.4 is 4.74 Å². The SMILES string of the molecule is CN1CC[C@H](Oc2cc(C(F)(F)F)ccc2-c2sc3c(c2C(=O)O)CC(C)(C)CC3)C1. The number of carboxylic acid groups (broad SMARTS) is 1. The lowest BCUT2D eigenvalue weighted by Gasteiger charge is -2.29. The number of benzene rings is 1. The molecule has 1 aromatic carbocycles. The lowest BCUT2D eigenvalue weighted by atomic mass is 9.76. The molecule has 2 aromatic rings. The van der Waals surface area contributed by atoms with E-state index < -0.39 is 17.7 Å². The van der Waals surface area contributed by atoms with Gasteiger partial charge in [0.15, 0.2) is 0 Å². The van der Waals surface area contributed by atoms with Gasteiger partial charge in [0.2, 0.25) is 0 Å². The Hall–Kier alpha value is -2.06. The fourth-order valence-corrected chi connectivity index (χ4v) is 5.83. The Morgan fingerprint density at radius 1 is 1.32 bits per heavy atom. The van der Waals surface area contributed by atoms with Crippen LogP contribution in [0.5, 0.6) is 5.75 Å². The van der Waals surface area contributed by atoms with Crippen LogP contribution in [0.4, 0.5) is 13.2 Å². The van der Waals surface area contributed by atoms with Crippen molar-refractivity contribution < 1.29 is 27.8 Å². The second kappa shape index (κ2) is 7.81. The van der Waals surface area contributed by atoms with Crippen molar-refractivity contribution >= 4 is 17.3 Å². The van der Waals surface area contributed by atoms with Crippen LogP contribution in [0.2, 0.25) is 0 Å². The van der Waals surface area contributed by atoms with E-state index in [2.05, 4.69) is 18.7 Å². The number of aryl methyl sites for hydroxylation is 1. The summed E-state index contributed by atoms with van der Waals surface area (Å²) in [6.07, 6.45) is -1.65. The number of ether oxygens (including phenoxy) is 1. The molecule has 0 amide bonds. The summed E-state index contributed by atoms with van der Waals surface area (Å²) in [7, 11) is 1.94. The maximum atomic E-state index is 13.4.